The molecule has 1 aliphatic carbocycles. The number of ether oxygens (including phenoxy) is 2. The van der Waals surface area contributed by atoms with Gasteiger partial charge in [0.2, 0.25) is 12.1 Å². The van der Waals surface area contributed by atoms with Gasteiger partial charge >= 0.3 is 5.97 Å². The summed E-state index contributed by atoms with van der Waals surface area (Å²) in [4.78, 5) is 29.4. The summed E-state index contributed by atoms with van der Waals surface area (Å²) in [5.74, 6) is 0.467. The highest BCUT2D eigenvalue weighted by molar-refractivity contribution is 5.87. The van der Waals surface area contributed by atoms with Gasteiger partial charge < -0.3 is 19.4 Å². The van der Waals surface area contributed by atoms with Crippen molar-refractivity contribution >= 4 is 22.8 Å². The normalized spacial score (nSPS) is 20.1. The van der Waals surface area contributed by atoms with Gasteiger partial charge in [0.05, 0.1) is 18.7 Å². The van der Waals surface area contributed by atoms with Gasteiger partial charge in [-0.1, -0.05) is 6.42 Å². The molecule has 2 aliphatic rings. The summed E-state index contributed by atoms with van der Waals surface area (Å²) in [6, 6.07) is 5.83. The van der Waals surface area contributed by atoms with E-state index in [1.165, 1.54) is 6.92 Å². The second kappa shape index (κ2) is 6.10. The second-order valence-corrected chi connectivity index (χ2v) is 6.81. The smallest absolute Gasteiger partial charge is 0.311 e. The van der Waals surface area contributed by atoms with E-state index >= 15 is 0 Å². The number of nitrogens with zero attached hydrogens (tertiary/aromatic N) is 1. The van der Waals surface area contributed by atoms with E-state index in [0.717, 1.165) is 53.6 Å². The van der Waals surface area contributed by atoms with E-state index in [2.05, 4.69) is 4.98 Å². The third-order valence-electron chi connectivity index (χ3n) is 5.35. The Bertz CT molecular complexity index is 837. The molecule has 2 aromatic rings. The highest BCUT2D eigenvalue weighted by atomic mass is 16.6. The van der Waals surface area contributed by atoms with Gasteiger partial charge in [0.25, 0.3) is 0 Å². The molecule has 1 N–H and O–H groups in total. The van der Waals surface area contributed by atoms with E-state index in [1.807, 2.05) is 18.2 Å². The minimum atomic E-state index is -0.673. The number of H-pyrrole nitrogens is 1. The summed E-state index contributed by atoms with van der Waals surface area (Å²) in [5.41, 5.74) is 2.86. The number of fused-ring (bicyclic) bond motifs is 3. The summed E-state index contributed by atoms with van der Waals surface area (Å²) < 4.78 is 11.1. The predicted molar refractivity (Wildman–Crippen MR) is 92.1 cm³/mol. The van der Waals surface area contributed by atoms with E-state index in [0.29, 0.717) is 6.54 Å². The number of aromatic amines is 1. The molecule has 0 radical (unpaired) electrons. The van der Waals surface area contributed by atoms with Crippen molar-refractivity contribution in [3.8, 4) is 5.75 Å². The zero-order chi connectivity index (χ0) is 17.6. The van der Waals surface area contributed by atoms with Crippen molar-refractivity contribution in [2.24, 2.45) is 5.92 Å². The fourth-order valence-corrected chi connectivity index (χ4v) is 3.66. The molecule has 132 valence electrons. The lowest BCUT2D eigenvalue weighted by Crippen LogP contribution is -2.42. The molecule has 1 fully saturated rings. The van der Waals surface area contributed by atoms with Crippen LogP contribution in [0, 0.1) is 5.92 Å². The zero-order valence-electron chi connectivity index (χ0n) is 14.5. The number of esters is 1. The van der Waals surface area contributed by atoms with E-state index < -0.39 is 6.23 Å². The van der Waals surface area contributed by atoms with Gasteiger partial charge in [0, 0.05) is 24.4 Å². The van der Waals surface area contributed by atoms with Gasteiger partial charge in [0.1, 0.15) is 5.75 Å². The lowest BCUT2D eigenvalue weighted by atomic mass is 9.85. The minimum absolute atomic E-state index is 0.0244. The Morgan fingerprint density at radius 2 is 2.08 bits per heavy atom. The molecule has 1 amide bonds. The monoisotopic (exact) mass is 342 g/mol. The van der Waals surface area contributed by atoms with E-state index in [1.54, 1.807) is 12.0 Å². The molecule has 1 aliphatic heterocycles. The molecule has 1 aromatic carbocycles. The summed E-state index contributed by atoms with van der Waals surface area (Å²) in [6.45, 7) is 2.05. The highest BCUT2D eigenvalue weighted by Gasteiger charge is 2.37. The van der Waals surface area contributed by atoms with Crippen molar-refractivity contribution in [1.82, 2.24) is 9.88 Å². The Hall–Kier alpha value is -2.50. The van der Waals surface area contributed by atoms with Crippen LogP contribution in [0.5, 0.6) is 5.75 Å². The van der Waals surface area contributed by atoms with Crippen molar-refractivity contribution in [2.75, 3.05) is 13.7 Å². The molecule has 1 unspecified atom stereocenters. The number of carbonyl (C=O) groups is 2. The Balaban J connectivity index is 1.74. The number of carbonyl (C=O) groups excluding carboxylic acids is 2. The molecule has 25 heavy (non-hydrogen) atoms. The van der Waals surface area contributed by atoms with Crippen molar-refractivity contribution in [3.63, 3.8) is 0 Å². The zero-order valence-corrected chi connectivity index (χ0v) is 14.5. The first kappa shape index (κ1) is 16.0. The lowest BCUT2D eigenvalue weighted by molar-refractivity contribution is -0.173. The van der Waals surface area contributed by atoms with Crippen LogP contribution >= 0.6 is 0 Å². The predicted octanol–water partition coefficient (Wildman–Crippen LogP) is 2.92. The fraction of sp³-hybridized carbons (Fsp3) is 0.474. The molecule has 1 saturated carbocycles. The number of amides is 1. The molecule has 1 aromatic heterocycles. The topological polar surface area (TPSA) is 71.6 Å². The standard InChI is InChI=1S/C19H22N2O4/c1-11(22)21-9-8-14-15-10-13(24-2)6-7-16(15)20-17(14)18(21)25-19(23)12-4-3-5-12/h6-7,10,12,18,20H,3-5,8-9H2,1-2H3. The molecule has 0 bridgehead atoms. The molecule has 0 spiro atoms. The summed E-state index contributed by atoms with van der Waals surface area (Å²) >= 11 is 0. The first-order valence-electron chi connectivity index (χ1n) is 8.74. The second-order valence-electron chi connectivity index (χ2n) is 6.81. The largest absolute Gasteiger partial charge is 0.497 e. The quantitative estimate of drug-likeness (QED) is 0.871. The average molecular weight is 342 g/mol. The third-order valence-corrected chi connectivity index (χ3v) is 5.35. The van der Waals surface area contributed by atoms with Gasteiger partial charge in [-0.25, -0.2) is 0 Å². The third kappa shape index (κ3) is 2.65. The van der Waals surface area contributed by atoms with Crippen LogP contribution in [-0.2, 0) is 20.7 Å². The summed E-state index contributed by atoms with van der Waals surface area (Å²) in [6.07, 6.45) is 2.87. The van der Waals surface area contributed by atoms with Crippen LogP contribution < -0.4 is 4.74 Å². The molecule has 0 saturated heterocycles. The molecule has 2 heterocycles. The molecular weight excluding hydrogens is 320 g/mol. The maximum atomic E-state index is 12.4. The Morgan fingerprint density at radius 1 is 1.28 bits per heavy atom. The first-order valence-corrected chi connectivity index (χ1v) is 8.74. The van der Waals surface area contributed by atoms with Crippen LogP contribution in [0.3, 0.4) is 0 Å². The Labute approximate surface area is 146 Å². The van der Waals surface area contributed by atoms with E-state index in [4.69, 9.17) is 9.47 Å². The lowest BCUT2D eigenvalue weighted by Gasteiger charge is -2.36. The van der Waals surface area contributed by atoms with Crippen molar-refractivity contribution in [2.45, 2.75) is 38.8 Å². The van der Waals surface area contributed by atoms with Gasteiger partial charge in [0.15, 0.2) is 0 Å². The first-order chi connectivity index (χ1) is 12.1. The van der Waals surface area contributed by atoms with Gasteiger partial charge in [-0.2, -0.15) is 0 Å². The van der Waals surface area contributed by atoms with Crippen LogP contribution in [-0.4, -0.2) is 35.4 Å². The number of benzene rings is 1. The van der Waals surface area contributed by atoms with Crippen LogP contribution in [0.1, 0.15) is 43.7 Å². The van der Waals surface area contributed by atoms with Gasteiger partial charge in [-0.05, 0) is 43.0 Å². The average Bonchev–Trinajstić information content (AvgIpc) is 2.91. The van der Waals surface area contributed by atoms with Crippen molar-refractivity contribution in [3.05, 3.63) is 29.5 Å². The summed E-state index contributed by atoms with van der Waals surface area (Å²) in [7, 11) is 1.64. The molecule has 4 rings (SSSR count). The maximum Gasteiger partial charge on any atom is 0.311 e. The highest BCUT2D eigenvalue weighted by Crippen LogP contribution is 2.38. The SMILES string of the molecule is COc1ccc2[nH]c3c(c2c1)CCN(C(C)=O)C3OC(=O)C1CCC1. The van der Waals surface area contributed by atoms with Crippen LogP contribution in [0.15, 0.2) is 18.2 Å². The number of nitrogens with one attached hydrogen (secondary N) is 1. The number of rotatable bonds is 3. The van der Waals surface area contributed by atoms with Crippen molar-refractivity contribution < 1.29 is 19.1 Å². The van der Waals surface area contributed by atoms with Crippen molar-refractivity contribution in [1.29, 1.82) is 0 Å². The Kier molecular flexibility index (Phi) is 3.90. The molecular formula is C19H22N2O4. The van der Waals surface area contributed by atoms with Gasteiger partial charge in [-0.3, -0.25) is 9.59 Å². The minimum Gasteiger partial charge on any atom is -0.497 e. The maximum absolute atomic E-state index is 12.4. The van der Waals surface area contributed by atoms with Crippen LogP contribution in [0.4, 0.5) is 0 Å². The van der Waals surface area contributed by atoms with Gasteiger partial charge in [-0.15, -0.1) is 0 Å². The summed E-state index contributed by atoms with van der Waals surface area (Å²) in [5, 5.41) is 1.06. The van der Waals surface area contributed by atoms with E-state index in [-0.39, 0.29) is 17.8 Å². The number of hydrogen-bond donors (Lipinski definition) is 1. The molecule has 6 heteroatoms. The number of hydrogen-bond acceptors (Lipinski definition) is 4. The fourth-order valence-electron chi connectivity index (χ4n) is 3.66. The Morgan fingerprint density at radius 3 is 2.72 bits per heavy atom. The van der Waals surface area contributed by atoms with Crippen LogP contribution in [0.25, 0.3) is 10.9 Å². The molecule has 6 nitrogen and oxygen atoms in total. The number of aromatic nitrogens is 1. The van der Waals surface area contributed by atoms with E-state index in [9.17, 15) is 9.59 Å². The number of methoxy groups -OCH3 is 1. The van der Waals surface area contributed by atoms with Crippen LogP contribution in [0.2, 0.25) is 0 Å². The molecule has 1 atom stereocenters.